The summed E-state index contributed by atoms with van der Waals surface area (Å²) in [6.07, 6.45) is 0.625. The lowest BCUT2D eigenvalue weighted by molar-refractivity contribution is 0.0475. The molecule has 1 aliphatic heterocycles. The molecule has 0 fully saturated rings. The molecule has 17 heavy (non-hydrogen) atoms. The lowest BCUT2D eigenvalue weighted by Gasteiger charge is -2.21. The van der Waals surface area contributed by atoms with Crippen molar-refractivity contribution in [1.29, 1.82) is 0 Å². The molecule has 2 rings (SSSR count). The summed E-state index contributed by atoms with van der Waals surface area (Å²) in [4.78, 5) is 11.7. The van der Waals surface area contributed by atoms with Crippen LogP contribution in [0.25, 0.3) is 0 Å². The third kappa shape index (κ3) is 1.82. The van der Waals surface area contributed by atoms with Crippen molar-refractivity contribution < 1.29 is 24.1 Å². The fraction of sp³-hybridized carbons (Fsp3) is 0.417. The fourth-order valence-electron chi connectivity index (χ4n) is 2.03. The zero-order valence-electron chi connectivity index (χ0n) is 9.78. The van der Waals surface area contributed by atoms with Crippen LogP contribution in [0, 0.1) is 0 Å². The van der Waals surface area contributed by atoms with E-state index < -0.39 is 5.97 Å². The standard InChI is InChI=1S/C12H14O5/c1-15-9-5-7-3-4-17-12(14)10(7)11(16-2)8(9)6-13/h5,13H,3-4,6H2,1-2H3. The van der Waals surface area contributed by atoms with E-state index in [9.17, 15) is 9.90 Å². The Labute approximate surface area is 98.9 Å². The van der Waals surface area contributed by atoms with Gasteiger partial charge in [-0.25, -0.2) is 4.79 Å². The van der Waals surface area contributed by atoms with Crippen molar-refractivity contribution in [1.82, 2.24) is 0 Å². The third-order valence-electron chi connectivity index (χ3n) is 2.82. The molecule has 5 nitrogen and oxygen atoms in total. The van der Waals surface area contributed by atoms with Crippen molar-refractivity contribution in [3.63, 3.8) is 0 Å². The van der Waals surface area contributed by atoms with Gasteiger partial charge in [-0.3, -0.25) is 0 Å². The van der Waals surface area contributed by atoms with Crippen LogP contribution in [0.5, 0.6) is 11.5 Å². The van der Waals surface area contributed by atoms with E-state index in [4.69, 9.17) is 14.2 Å². The number of aliphatic hydroxyl groups is 1. The molecule has 0 aliphatic carbocycles. The van der Waals surface area contributed by atoms with Gasteiger partial charge in [-0.1, -0.05) is 0 Å². The second kappa shape index (κ2) is 4.63. The van der Waals surface area contributed by atoms with Crippen LogP contribution in [-0.4, -0.2) is 31.9 Å². The molecule has 0 unspecified atom stereocenters. The number of carbonyl (C=O) groups is 1. The average molecular weight is 238 g/mol. The van der Waals surface area contributed by atoms with Crippen LogP contribution in [-0.2, 0) is 17.8 Å². The molecule has 1 heterocycles. The maximum absolute atomic E-state index is 11.7. The van der Waals surface area contributed by atoms with E-state index in [1.54, 1.807) is 6.07 Å². The number of hydrogen-bond acceptors (Lipinski definition) is 5. The maximum atomic E-state index is 11.7. The summed E-state index contributed by atoms with van der Waals surface area (Å²) < 4.78 is 15.4. The number of benzene rings is 1. The first-order valence-corrected chi connectivity index (χ1v) is 5.27. The summed E-state index contributed by atoms with van der Waals surface area (Å²) in [6, 6.07) is 1.75. The Morgan fingerprint density at radius 2 is 2.18 bits per heavy atom. The molecule has 5 heteroatoms. The van der Waals surface area contributed by atoms with Crippen molar-refractivity contribution in [2.24, 2.45) is 0 Å². The Kier molecular flexibility index (Phi) is 3.19. The van der Waals surface area contributed by atoms with Crippen LogP contribution in [0.15, 0.2) is 6.07 Å². The predicted molar refractivity (Wildman–Crippen MR) is 59.5 cm³/mol. The van der Waals surface area contributed by atoms with Gasteiger partial charge in [0.2, 0.25) is 0 Å². The van der Waals surface area contributed by atoms with Crippen molar-refractivity contribution in [2.45, 2.75) is 13.0 Å². The van der Waals surface area contributed by atoms with Gasteiger partial charge in [0.25, 0.3) is 0 Å². The highest BCUT2D eigenvalue weighted by atomic mass is 16.5. The number of ether oxygens (including phenoxy) is 3. The molecule has 0 saturated heterocycles. The highest BCUT2D eigenvalue weighted by Gasteiger charge is 2.27. The van der Waals surface area contributed by atoms with Gasteiger partial charge < -0.3 is 19.3 Å². The van der Waals surface area contributed by atoms with Crippen molar-refractivity contribution in [3.8, 4) is 11.5 Å². The van der Waals surface area contributed by atoms with E-state index in [0.717, 1.165) is 5.56 Å². The Hall–Kier alpha value is -1.75. The molecular formula is C12H14O5. The predicted octanol–water partition coefficient (Wildman–Crippen LogP) is 0.909. The molecule has 0 saturated carbocycles. The first-order chi connectivity index (χ1) is 8.22. The number of fused-ring (bicyclic) bond motifs is 1. The van der Waals surface area contributed by atoms with E-state index in [1.165, 1.54) is 14.2 Å². The lowest BCUT2D eigenvalue weighted by atomic mass is 9.97. The molecule has 0 bridgehead atoms. The summed E-state index contributed by atoms with van der Waals surface area (Å²) in [5, 5.41) is 9.34. The Bertz CT molecular complexity index is 453. The number of carbonyl (C=O) groups excluding carboxylic acids is 1. The Morgan fingerprint density at radius 1 is 1.41 bits per heavy atom. The molecule has 1 aliphatic rings. The van der Waals surface area contributed by atoms with E-state index in [0.29, 0.717) is 35.7 Å². The van der Waals surface area contributed by atoms with Crippen LogP contribution >= 0.6 is 0 Å². The number of rotatable bonds is 3. The van der Waals surface area contributed by atoms with Crippen molar-refractivity contribution >= 4 is 5.97 Å². The number of aliphatic hydroxyl groups excluding tert-OH is 1. The number of hydrogen-bond donors (Lipinski definition) is 1. The molecule has 1 aromatic rings. The van der Waals surface area contributed by atoms with E-state index in [2.05, 4.69) is 0 Å². The monoisotopic (exact) mass is 238 g/mol. The minimum absolute atomic E-state index is 0.257. The minimum atomic E-state index is -0.416. The largest absolute Gasteiger partial charge is 0.496 e. The maximum Gasteiger partial charge on any atom is 0.342 e. The summed E-state index contributed by atoms with van der Waals surface area (Å²) in [6.45, 7) is 0.101. The summed E-state index contributed by atoms with van der Waals surface area (Å²) in [7, 11) is 2.97. The fourth-order valence-corrected chi connectivity index (χ4v) is 2.03. The Morgan fingerprint density at radius 3 is 2.76 bits per heavy atom. The van der Waals surface area contributed by atoms with Crippen molar-refractivity contribution in [3.05, 3.63) is 22.8 Å². The highest BCUT2D eigenvalue weighted by molar-refractivity contribution is 5.96. The first-order valence-electron chi connectivity index (χ1n) is 5.27. The summed E-state index contributed by atoms with van der Waals surface area (Å²) in [5.74, 6) is 0.449. The summed E-state index contributed by atoms with van der Waals surface area (Å²) >= 11 is 0. The Balaban J connectivity index is 2.69. The normalized spacial score (nSPS) is 13.9. The van der Waals surface area contributed by atoms with Gasteiger partial charge in [0, 0.05) is 6.42 Å². The van der Waals surface area contributed by atoms with E-state index in [-0.39, 0.29) is 6.61 Å². The zero-order chi connectivity index (χ0) is 12.4. The van der Waals surface area contributed by atoms with Gasteiger partial charge in [0.1, 0.15) is 17.1 Å². The molecular weight excluding hydrogens is 224 g/mol. The molecule has 0 aromatic heterocycles. The van der Waals surface area contributed by atoms with Gasteiger partial charge in [0.15, 0.2) is 0 Å². The number of methoxy groups -OCH3 is 2. The van der Waals surface area contributed by atoms with E-state index >= 15 is 0 Å². The smallest absolute Gasteiger partial charge is 0.342 e. The average Bonchev–Trinajstić information content (AvgIpc) is 2.36. The molecule has 0 atom stereocenters. The minimum Gasteiger partial charge on any atom is -0.496 e. The van der Waals surface area contributed by atoms with Crippen LogP contribution < -0.4 is 9.47 Å². The SMILES string of the molecule is COc1cc2c(c(OC)c1CO)C(=O)OCC2. The first kappa shape index (κ1) is 11.7. The van der Waals surface area contributed by atoms with Gasteiger partial charge in [-0.2, -0.15) is 0 Å². The molecule has 92 valence electrons. The van der Waals surface area contributed by atoms with Gasteiger partial charge in [0.05, 0.1) is 33.0 Å². The van der Waals surface area contributed by atoms with Crippen LogP contribution in [0.2, 0.25) is 0 Å². The third-order valence-corrected chi connectivity index (χ3v) is 2.82. The topological polar surface area (TPSA) is 65.0 Å². The van der Waals surface area contributed by atoms with Crippen LogP contribution in [0.1, 0.15) is 21.5 Å². The molecule has 1 aromatic carbocycles. The van der Waals surface area contributed by atoms with Gasteiger partial charge in [-0.05, 0) is 11.6 Å². The van der Waals surface area contributed by atoms with E-state index in [1.807, 2.05) is 0 Å². The molecule has 1 N–H and O–H groups in total. The second-order valence-electron chi connectivity index (χ2n) is 3.67. The van der Waals surface area contributed by atoms with Gasteiger partial charge in [-0.15, -0.1) is 0 Å². The molecule has 0 amide bonds. The highest BCUT2D eigenvalue weighted by Crippen LogP contribution is 2.37. The number of esters is 1. The van der Waals surface area contributed by atoms with Gasteiger partial charge >= 0.3 is 5.97 Å². The number of cyclic esters (lactones) is 1. The van der Waals surface area contributed by atoms with Crippen LogP contribution in [0.4, 0.5) is 0 Å². The zero-order valence-corrected chi connectivity index (χ0v) is 9.78. The summed E-state index contributed by atoms with van der Waals surface area (Å²) in [5.41, 5.74) is 1.68. The van der Waals surface area contributed by atoms with Crippen molar-refractivity contribution in [2.75, 3.05) is 20.8 Å². The lowest BCUT2D eigenvalue weighted by Crippen LogP contribution is -2.20. The quantitative estimate of drug-likeness (QED) is 0.793. The molecule has 0 spiro atoms. The molecule has 0 radical (unpaired) electrons. The second-order valence-corrected chi connectivity index (χ2v) is 3.67. The van der Waals surface area contributed by atoms with Crippen LogP contribution in [0.3, 0.4) is 0 Å².